The van der Waals surface area contributed by atoms with E-state index >= 15 is 0 Å². The fourth-order valence-corrected chi connectivity index (χ4v) is 3.32. The van der Waals surface area contributed by atoms with Crippen LogP contribution in [0.3, 0.4) is 0 Å². The van der Waals surface area contributed by atoms with Gasteiger partial charge in [0.15, 0.2) is 0 Å². The van der Waals surface area contributed by atoms with Crippen LogP contribution in [0.1, 0.15) is 42.9 Å². The third kappa shape index (κ3) is 7.64. The van der Waals surface area contributed by atoms with Gasteiger partial charge in [0.05, 0.1) is 11.1 Å². The molecule has 1 atom stereocenters. The molecule has 0 heterocycles. The molecule has 0 spiro atoms. The second kappa shape index (κ2) is 9.72. The van der Waals surface area contributed by atoms with Gasteiger partial charge in [-0.2, -0.15) is 26.3 Å². The summed E-state index contributed by atoms with van der Waals surface area (Å²) in [6.07, 6.45) is -8.06. The summed E-state index contributed by atoms with van der Waals surface area (Å²) in [7, 11) is 0.779. The van der Waals surface area contributed by atoms with Gasteiger partial charge in [0.2, 0.25) is 0 Å². The second-order valence-corrected chi connectivity index (χ2v) is 7.66. The lowest BCUT2D eigenvalue weighted by molar-refractivity contribution is -0.143. The molecule has 0 fully saturated rings. The van der Waals surface area contributed by atoms with Gasteiger partial charge in [0, 0.05) is 20.3 Å². The third-order valence-corrected chi connectivity index (χ3v) is 5.16. The van der Waals surface area contributed by atoms with Gasteiger partial charge in [-0.15, -0.1) is 0 Å². The van der Waals surface area contributed by atoms with Gasteiger partial charge in [-0.25, -0.2) is 0 Å². The first-order valence-corrected chi connectivity index (χ1v) is 9.38. The van der Waals surface area contributed by atoms with Crippen molar-refractivity contribution >= 4 is 9.53 Å². The lowest BCUT2D eigenvalue weighted by Gasteiger charge is -2.18. The zero-order valence-corrected chi connectivity index (χ0v) is 15.9. The first-order valence-electron chi connectivity index (χ1n) is 7.96. The van der Waals surface area contributed by atoms with Gasteiger partial charge in [-0.1, -0.05) is 6.42 Å². The maximum absolute atomic E-state index is 12.8. The Balaban J connectivity index is 2.67. The number of benzene rings is 1. The lowest BCUT2D eigenvalue weighted by atomic mass is 10.00. The topological polar surface area (TPSA) is 27.7 Å². The molecule has 1 unspecified atom stereocenters. The van der Waals surface area contributed by atoms with Crippen molar-refractivity contribution in [2.45, 2.75) is 51.1 Å². The predicted molar refractivity (Wildman–Crippen MR) is 85.7 cm³/mol. The molecule has 1 rings (SSSR count). The Labute approximate surface area is 150 Å². The Bertz CT molecular complexity index is 526. The minimum atomic E-state index is -4.82. The Morgan fingerprint density at radius 3 is 1.81 bits per heavy atom. The molecule has 0 bridgehead atoms. The monoisotopic (exact) mass is 404 g/mol. The Kier molecular flexibility index (Phi) is 8.58. The van der Waals surface area contributed by atoms with Crippen LogP contribution >= 0.6 is 0 Å². The van der Waals surface area contributed by atoms with Crippen molar-refractivity contribution in [3.63, 3.8) is 0 Å². The molecule has 150 valence electrons. The highest BCUT2D eigenvalue weighted by Gasteiger charge is 2.36. The zero-order chi connectivity index (χ0) is 20.0. The second-order valence-electron chi connectivity index (χ2n) is 5.87. The number of halogens is 6. The number of rotatable bonds is 9. The summed E-state index contributed by atoms with van der Waals surface area (Å²) in [5.41, 5.74) is -2.55. The first kappa shape index (κ1) is 22.9. The summed E-state index contributed by atoms with van der Waals surface area (Å²) >= 11 is 0. The summed E-state index contributed by atoms with van der Waals surface area (Å²) in [5, 5.41) is 0. The summed E-state index contributed by atoms with van der Waals surface area (Å²) in [6.45, 7) is 1.81. The zero-order valence-electron chi connectivity index (χ0n) is 14.7. The van der Waals surface area contributed by atoms with Crippen LogP contribution in [0.5, 0.6) is 0 Å². The van der Waals surface area contributed by atoms with Gasteiger partial charge >= 0.3 is 21.9 Å². The molecule has 0 aliphatic heterocycles. The molecule has 0 aliphatic carbocycles. The molecule has 0 aromatic heterocycles. The molecule has 26 heavy (non-hydrogen) atoms. The average Bonchev–Trinajstić information content (AvgIpc) is 2.54. The summed E-state index contributed by atoms with van der Waals surface area (Å²) in [6, 6.07) is 1.68. The molecule has 0 amide bonds. The SMILES string of the molecule is CO[SiH](OC)OC(C)CCCCc1cc(C(F)(F)F)cc(C(F)(F)F)c1. The van der Waals surface area contributed by atoms with Crippen LogP contribution in [0.2, 0.25) is 0 Å². The van der Waals surface area contributed by atoms with Gasteiger partial charge in [-0.3, -0.25) is 0 Å². The summed E-state index contributed by atoms with van der Waals surface area (Å²) < 4.78 is 92.5. The molecule has 3 nitrogen and oxygen atoms in total. The van der Waals surface area contributed by atoms with E-state index in [-0.39, 0.29) is 24.2 Å². The Hall–Kier alpha value is -1.10. The summed E-state index contributed by atoms with van der Waals surface area (Å²) in [4.78, 5) is 0. The van der Waals surface area contributed by atoms with Crippen molar-refractivity contribution in [1.82, 2.24) is 0 Å². The van der Waals surface area contributed by atoms with Crippen LogP contribution < -0.4 is 0 Å². The van der Waals surface area contributed by atoms with E-state index in [1.54, 1.807) is 0 Å². The van der Waals surface area contributed by atoms with Crippen LogP contribution in [0.15, 0.2) is 18.2 Å². The fourth-order valence-electron chi connectivity index (χ4n) is 2.39. The van der Waals surface area contributed by atoms with Crippen molar-refractivity contribution in [3.8, 4) is 0 Å². The highest BCUT2D eigenvalue weighted by molar-refractivity contribution is 6.36. The van der Waals surface area contributed by atoms with Crippen LogP contribution in [0, 0.1) is 0 Å². The van der Waals surface area contributed by atoms with E-state index in [1.807, 2.05) is 6.92 Å². The van der Waals surface area contributed by atoms with E-state index in [2.05, 4.69) is 0 Å². The van der Waals surface area contributed by atoms with Crippen LogP contribution in [-0.2, 0) is 32.1 Å². The number of aryl methyl sites for hydroxylation is 1. The molecule has 10 heteroatoms. The highest BCUT2D eigenvalue weighted by atomic mass is 28.3. The fraction of sp³-hybridized carbons (Fsp3) is 0.625. The number of hydrogen-bond donors (Lipinski definition) is 0. The minimum absolute atomic E-state index is 0.0155. The van der Waals surface area contributed by atoms with Gasteiger partial charge in [-0.05, 0) is 49.9 Å². The molecular formula is C16H22F6O3Si. The largest absolute Gasteiger partial charge is 0.483 e. The van der Waals surface area contributed by atoms with E-state index < -0.39 is 33.0 Å². The van der Waals surface area contributed by atoms with Crippen LogP contribution in [0.25, 0.3) is 0 Å². The van der Waals surface area contributed by atoms with Crippen molar-refractivity contribution in [2.24, 2.45) is 0 Å². The van der Waals surface area contributed by atoms with E-state index in [0.29, 0.717) is 19.3 Å². The number of hydrogen-bond acceptors (Lipinski definition) is 3. The van der Waals surface area contributed by atoms with Crippen LogP contribution in [-0.4, -0.2) is 29.9 Å². The Morgan fingerprint density at radius 2 is 1.38 bits per heavy atom. The quantitative estimate of drug-likeness (QED) is 0.335. The maximum atomic E-state index is 12.8. The van der Waals surface area contributed by atoms with Crippen molar-refractivity contribution in [2.75, 3.05) is 14.2 Å². The lowest BCUT2D eigenvalue weighted by Crippen LogP contribution is -2.28. The minimum Gasteiger partial charge on any atom is -0.379 e. The average molecular weight is 404 g/mol. The van der Waals surface area contributed by atoms with Crippen molar-refractivity contribution in [1.29, 1.82) is 0 Å². The third-order valence-electron chi connectivity index (χ3n) is 3.70. The Morgan fingerprint density at radius 1 is 0.885 bits per heavy atom. The molecule has 0 saturated carbocycles. The number of unbranched alkanes of at least 4 members (excludes halogenated alkanes) is 1. The standard InChI is InChI=1S/C16H22F6O3Si/c1-11(25-26(23-2)24-3)6-4-5-7-12-8-13(15(17,18)19)10-14(9-12)16(20,21)22/h8-11,26H,4-7H2,1-3H3. The van der Waals surface area contributed by atoms with Gasteiger partial charge in [0.1, 0.15) is 0 Å². The molecule has 0 radical (unpaired) electrons. The number of alkyl halides is 6. The predicted octanol–water partition coefficient (Wildman–Crippen LogP) is 4.85. The highest BCUT2D eigenvalue weighted by Crippen LogP contribution is 2.36. The summed E-state index contributed by atoms with van der Waals surface area (Å²) in [5.74, 6) is 0. The maximum Gasteiger partial charge on any atom is 0.483 e. The van der Waals surface area contributed by atoms with Crippen LogP contribution in [0.4, 0.5) is 26.3 Å². The van der Waals surface area contributed by atoms with Gasteiger partial charge in [0.25, 0.3) is 0 Å². The van der Waals surface area contributed by atoms with E-state index in [0.717, 1.165) is 12.1 Å². The van der Waals surface area contributed by atoms with Gasteiger partial charge < -0.3 is 13.3 Å². The molecule has 0 aliphatic rings. The smallest absolute Gasteiger partial charge is 0.379 e. The normalized spacial score (nSPS) is 14.1. The molecule has 0 saturated heterocycles. The van der Waals surface area contributed by atoms with E-state index in [4.69, 9.17) is 13.3 Å². The molecular weight excluding hydrogens is 382 g/mol. The molecule has 1 aromatic rings. The molecule has 0 N–H and O–H groups in total. The first-order chi connectivity index (χ1) is 12.0. The van der Waals surface area contributed by atoms with Crippen molar-refractivity contribution in [3.05, 3.63) is 34.9 Å². The van der Waals surface area contributed by atoms with E-state index in [1.165, 1.54) is 14.2 Å². The molecule has 1 aromatic carbocycles. The van der Waals surface area contributed by atoms with Crippen molar-refractivity contribution < 1.29 is 39.6 Å². The van der Waals surface area contributed by atoms with E-state index in [9.17, 15) is 26.3 Å².